The first-order valence-corrected chi connectivity index (χ1v) is 12.2. The van der Waals surface area contributed by atoms with Crippen LogP contribution < -0.4 is 11.1 Å². The molecular formula is C16H13N7O5S4. The highest BCUT2D eigenvalue weighted by Crippen LogP contribution is 2.41. The number of carboxylic acids is 1. The fraction of sp³-hybridized carbons (Fsp3) is 0.188. The molecule has 2 aromatic rings. The summed E-state index contributed by atoms with van der Waals surface area (Å²) in [5.41, 5.74) is 5.55. The van der Waals surface area contributed by atoms with E-state index in [9.17, 15) is 24.7 Å². The van der Waals surface area contributed by atoms with Gasteiger partial charge in [-0.3, -0.25) is 14.5 Å². The number of amides is 2. The Hall–Kier alpha value is -2.95. The molecule has 0 aliphatic carbocycles. The van der Waals surface area contributed by atoms with Crippen LogP contribution in [-0.2, 0) is 14.4 Å². The van der Waals surface area contributed by atoms with Gasteiger partial charge < -0.3 is 21.4 Å². The van der Waals surface area contributed by atoms with E-state index < -0.39 is 34.9 Å². The van der Waals surface area contributed by atoms with Gasteiger partial charge in [0.1, 0.15) is 27.0 Å². The van der Waals surface area contributed by atoms with Gasteiger partial charge in [0.25, 0.3) is 11.8 Å². The summed E-state index contributed by atoms with van der Waals surface area (Å²) >= 11 is 4.92. The number of fused-ring (bicyclic) bond motifs is 1. The number of β-lactam (4-membered cyclic amide) rings is 1. The molecule has 0 radical (unpaired) electrons. The van der Waals surface area contributed by atoms with E-state index in [4.69, 9.17) is 5.73 Å². The SMILES string of the molecule is Nc1nc(C(=NO)C(=O)N[C@@H]2C(=O)N3C(C(=O)O)=C(/C=C/Sc4cnns4)CS[C@H]23)cs1. The minimum atomic E-state index is -1.24. The molecule has 2 aliphatic heterocycles. The maximum atomic E-state index is 12.7. The molecule has 2 atom stereocenters. The van der Waals surface area contributed by atoms with Gasteiger partial charge >= 0.3 is 5.97 Å². The number of thioether (sulfide) groups is 2. The van der Waals surface area contributed by atoms with Gasteiger partial charge in [-0.15, -0.1) is 28.2 Å². The number of nitrogens with two attached hydrogens (primary N) is 1. The molecule has 4 heterocycles. The Morgan fingerprint density at radius 3 is 2.88 bits per heavy atom. The second-order valence-electron chi connectivity index (χ2n) is 6.22. The first kappa shape index (κ1) is 22.3. The number of nitrogens with zero attached hydrogens (tertiary/aromatic N) is 5. The lowest BCUT2D eigenvalue weighted by Gasteiger charge is -2.49. The normalized spacial score (nSPS) is 20.9. The van der Waals surface area contributed by atoms with Crippen LogP contribution in [0.3, 0.4) is 0 Å². The Bertz CT molecular complexity index is 1160. The summed E-state index contributed by atoms with van der Waals surface area (Å²) in [5, 5.41) is 30.8. The van der Waals surface area contributed by atoms with Gasteiger partial charge in [0, 0.05) is 11.1 Å². The number of aliphatic carboxylic acids is 1. The highest BCUT2D eigenvalue weighted by molar-refractivity contribution is 8.03. The molecule has 2 aliphatic rings. The molecule has 2 amide bonds. The van der Waals surface area contributed by atoms with Gasteiger partial charge in [-0.25, -0.2) is 9.78 Å². The third-order valence-corrected chi connectivity index (χ3v) is 7.92. The molecule has 1 saturated heterocycles. The number of allylic oxidation sites excluding steroid dienone is 1. The number of nitrogens with one attached hydrogen (secondary N) is 1. The van der Waals surface area contributed by atoms with Crippen LogP contribution in [-0.4, -0.2) is 70.4 Å². The number of hydrogen-bond acceptors (Lipinski definition) is 13. The van der Waals surface area contributed by atoms with Gasteiger partial charge in [0.05, 0.1) is 6.20 Å². The Kier molecular flexibility index (Phi) is 6.45. The molecule has 1 fully saturated rings. The fourth-order valence-electron chi connectivity index (χ4n) is 2.98. The molecule has 32 heavy (non-hydrogen) atoms. The highest BCUT2D eigenvalue weighted by Gasteiger charge is 2.54. The smallest absolute Gasteiger partial charge is 0.352 e. The van der Waals surface area contributed by atoms with Crippen molar-refractivity contribution in [1.29, 1.82) is 0 Å². The van der Waals surface area contributed by atoms with Crippen LogP contribution in [0.2, 0.25) is 0 Å². The third-order valence-electron chi connectivity index (χ3n) is 4.36. The van der Waals surface area contributed by atoms with E-state index in [1.54, 1.807) is 17.7 Å². The summed E-state index contributed by atoms with van der Waals surface area (Å²) in [6, 6.07) is -0.974. The van der Waals surface area contributed by atoms with Crippen LogP contribution in [0, 0.1) is 0 Å². The minimum Gasteiger partial charge on any atom is -0.477 e. The summed E-state index contributed by atoms with van der Waals surface area (Å²) in [6.45, 7) is 0. The van der Waals surface area contributed by atoms with Crippen molar-refractivity contribution in [2.45, 2.75) is 15.6 Å². The number of oxime groups is 1. The summed E-state index contributed by atoms with van der Waals surface area (Å²) in [4.78, 5) is 42.2. The Balaban J connectivity index is 1.48. The monoisotopic (exact) mass is 511 g/mol. The van der Waals surface area contributed by atoms with Crippen LogP contribution >= 0.6 is 46.4 Å². The second-order valence-corrected chi connectivity index (χ2v) is 10.2. The van der Waals surface area contributed by atoms with E-state index in [1.165, 1.54) is 40.4 Å². The number of aromatic nitrogens is 3. The molecule has 0 aromatic carbocycles. The maximum Gasteiger partial charge on any atom is 0.352 e. The molecule has 2 aromatic heterocycles. The van der Waals surface area contributed by atoms with Crippen LogP contribution in [0.15, 0.2) is 43.7 Å². The van der Waals surface area contributed by atoms with E-state index >= 15 is 0 Å². The van der Waals surface area contributed by atoms with Crippen molar-refractivity contribution >= 4 is 75.0 Å². The molecule has 0 saturated carbocycles. The van der Waals surface area contributed by atoms with Gasteiger partial charge in [0.2, 0.25) is 0 Å². The molecule has 0 bridgehead atoms. The van der Waals surface area contributed by atoms with Gasteiger partial charge in [-0.1, -0.05) is 21.4 Å². The largest absolute Gasteiger partial charge is 0.477 e. The Morgan fingerprint density at radius 1 is 1.44 bits per heavy atom. The second kappa shape index (κ2) is 9.27. The lowest BCUT2D eigenvalue weighted by atomic mass is 10.0. The van der Waals surface area contributed by atoms with Crippen molar-refractivity contribution in [2.75, 3.05) is 11.5 Å². The van der Waals surface area contributed by atoms with Gasteiger partial charge in [-0.05, 0) is 28.6 Å². The number of carbonyl (C=O) groups excluding carboxylic acids is 2. The predicted molar refractivity (Wildman–Crippen MR) is 119 cm³/mol. The van der Waals surface area contributed by atoms with Crippen LogP contribution in [0.4, 0.5) is 5.13 Å². The predicted octanol–water partition coefficient (Wildman–Crippen LogP) is 0.800. The van der Waals surface area contributed by atoms with E-state index in [-0.39, 0.29) is 16.5 Å². The third kappa shape index (κ3) is 4.21. The summed E-state index contributed by atoms with van der Waals surface area (Å²) in [6.07, 6.45) is 3.23. The number of thiazole rings is 1. The Labute approximate surface area is 196 Å². The van der Waals surface area contributed by atoms with Crippen molar-refractivity contribution in [3.05, 3.63) is 40.0 Å². The zero-order chi connectivity index (χ0) is 22.8. The topological polar surface area (TPSA) is 184 Å². The van der Waals surface area contributed by atoms with Crippen molar-refractivity contribution in [3.8, 4) is 0 Å². The quantitative estimate of drug-likeness (QED) is 0.135. The van der Waals surface area contributed by atoms with E-state index in [1.807, 2.05) is 0 Å². The van der Waals surface area contributed by atoms with Crippen molar-refractivity contribution in [3.63, 3.8) is 0 Å². The number of carbonyl (C=O) groups is 3. The number of anilines is 1. The Morgan fingerprint density at radius 2 is 2.25 bits per heavy atom. The first-order valence-electron chi connectivity index (χ1n) is 8.66. The van der Waals surface area contributed by atoms with E-state index in [2.05, 4.69) is 25.0 Å². The molecular weight excluding hydrogens is 498 g/mol. The zero-order valence-electron chi connectivity index (χ0n) is 15.7. The number of hydrogen-bond donors (Lipinski definition) is 4. The molecule has 12 nitrogen and oxygen atoms in total. The molecule has 5 N–H and O–H groups in total. The van der Waals surface area contributed by atoms with Crippen LogP contribution in [0.25, 0.3) is 0 Å². The molecule has 16 heteroatoms. The zero-order valence-corrected chi connectivity index (χ0v) is 19.0. The van der Waals surface area contributed by atoms with E-state index in [0.29, 0.717) is 11.3 Å². The van der Waals surface area contributed by atoms with E-state index in [0.717, 1.165) is 20.4 Å². The molecule has 0 unspecified atom stereocenters. The average Bonchev–Trinajstić information content (AvgIpc) is 3.44. The number of carboxylic acid groups (broad SMARTS) is 1. The fourth-order valence-corrected chi connectivity index (χ4v) is 6.03. The maximum absolute atomic E-state index is 12.7. The van der Waals surface area contributed by atoms with Crippen molar-refractivity contribution in [1.82, 2.24) is 24.8 Å². The summed E-state index contributed by atoms with van der Waals surface area (Å²) in [7, 11) is 0. The minimum absolute atomic E-state index is 0.0691. The first-order chi connectivity index (χ1) is 15.4. The molecule has 166 valence electrons. The lowest BCUT2D eigenvalue weighted by molar-refractivity contribution is -0.150. The van der Waals surface area contributed by atoms with Gasteiger partial charge in [0.15, 0.2) is 10.8 Å². The highest BCUT2D eigenvalue weighted by atomic mass is 32.2. The lowest BCUT2D eigenvalue weighted by Crippen LogP contribution is -2.71. The van der Waals surface area contributed by atoms with Crippen LogP contribution in [0.5, 0.6) is 0 Å². The molecule has 4 rings (SSSR count). The summed E-state index contributed by atoms with van der Waals surface area (Å²) in [5.74, 6) is -2.32. The van der Waals surface area contributed by atoms with Gasteiger partial charge in [-0.2, -0.15) is 0 Å². The standard InChI is InChI=1S/C16H13N7O5S4/c17-16-19-7(5-31-16)9(21-28)12(24)20-10-13(25)23-11(15(26)27)6(4-30-14(10)23)1-2-29-8-3-18-22-32-8/h1-3,5,10,14,28H,4H2,(H2,17,19)(H,20,24)(H,26,27)/b2-1+,21-9?/t10-,14-/m1/s1. The molecule has 0 spiro atoms. The van der Waals surface area contributed by atoms with Crippen molar-refractivity contribution < 1.29 is 24.7 Å². The van der Waals surface area contributed by atoms with Crippen LogP contribution in [0.1, 0.15) is 5.69 Å². The number of nitrogen functional groups attached to an aromatic ring is 1. The van der Waals surface area contributed by atoms with Crippen molar-refractivity contribution in [2.24, 2.45) is 5.16 Å². The summed E-state index contributed by atoms with van der Waals surface area (Å²) < 4.78 is 4.59. The average molecular weight is 512 g/mol. The number of rotatable bonds is 7.